The number of nitrogens with zero attached hydrogens (tertiary/aromatic N) is 2. The van der Waals surface area contributed by atoms with Gasteiger partial charge < -0.3 is 10.1 Å². The molecule has 1 aromatic heterocycles. The predicted molar refractivity (Wildman–Crippen MR) is 64.7 cm³/mol. The number of rotatable bonds is 5. The maximum atomic E-state index is 11.1. The maximum absolute atomic E-state index is 11.1. The zero-order valence-corrected chi connectivity index (χ0v) is 10.9. The first-order valence-corrected chi connectivity index (χ1v) is 5.79. The Morgan fingerprint density at radius 2 is 2.53 bits per heavy atom. The van der Waals surface area contributed by atoms with Gasteiger partial charge in [0.2, 0.25) is 0 Å². The molecule has 15 heavy (non-hydrogen) atoms. The van der Waals surface area contributed by atoms with E-state index < -0.39 is 0 Å². The first kappa shape index (κ1) is 12.4. The molecule has 0 aromatic carbocycles. The Kier molecular flexibility index (Phi) is 5.03. The van der Waals surface area contributed by atoms with Gasteiger partial charge in [-0.15, -0.1) is 0 Å². The molecule has 1 N–H and O–H groups in total. The van der Waals surface area contributed by atoms with Crippen LogP contribution in [-0.4, -0.2) is 33.3 Å². The van der Waals surface area contributed by atoms with E-state index in [-0.39, 0.29) is 9.89 Å². The average molecular weight is 323 g/mol. The standard InChI is InChI=1S/C9H14IN3O2/c1-13-4-3-7(12-13)5-11-6-8(10)9(14)15-2/h3-4,8,11H,5-6H2,1-2H3. The number of carbonyl (C=O) groups excluding carboxylic acids is 1. The van der Waals surface area contributed by atoms with Crippen molar-refractivity contribution >= 4 is 28.6 Å². The lowest BCUT2D eigenvalue weighted by Gasteiger charge is -2.07. The highest BCUT2D eigenvalue weighted by molar-refractivity contribution is 14.1. The minimum Gasteiger partial charge on any atom is -0.468 e. The third-order valence-corrected chi connectivity index (χ3v) is 2.80. The summed E-state index contributed by atoms with van der Waals surface area (Å²) in [7, 11) is 3.27. The van der Waals surface area contributed by atoms with E-state index >= 15 is 0 Å². The van der Waals surface area contributed by atoms with E-state index in [1.165, 1.54) is 7.11 Å². The third kappa shape index (κ3) is 4.17. The molecule has 1 unspecified atom stereocenters. The summed E-state index contributed by atoms with van der Waals surface area (Å²) in [4.78, 5) is 11.1. The highest BCUT2D eigenvalue weighted by Gasteiger charge is 2.13. The fraction of sp³-hybridized carbons (Fsp3) is 0.556. The number of methoxy groups -OCH3 is 1. The number of halogens is 1. The van der Waals surface area contributed by atoms with Crippen molar-refractivity contribution in [2.45, 2.75) is 10.5 Å². The van der Waals surface area contributed by atoms with Crippen LogP contribution in [-0.2, 0) is 23.1 Å². The fourth-order valence-corrected chi connectivity index (χ4v) is 1.66. The van der Waals surface area contributed by atoms with Crippen LogP contribution in [0.3, 0.4) is 0 Å². The second-order valence-electron chi connectivity index (χ2n) is 3.10. The van der Waals surface area contributed by atoms with E-state index in [4.69, 9.17) is 0 Å². The van der Waals surface area contributed by atoms with Gasteiger partial charge in [0.15, 0.2) is 0 Å². The van der Waals surface area contributed by atoms with Crippen LogP contribution in [0.4, 0.5) is 0 Å². The van der Waals surface area contributed by atoms with Crippen molar-refractivity contribution in [2.75, 3.05) is 13.7 Å². The number of ether oxygens (including phenoxy) is 1. The van der Waals surface area contributed by atoms with Crippen molar-refractivity contribution in [1.29, 1.82) is 0 Å². The van der Waals surface area contributed by atoms with Gasteiger partial charge in [0.1, 0.15) is 3.92 Å². The molecule has 0 saturated carbocycles. The van der Waals surface area contributed by atoms with Crippen LogP contribution in [0, 0.1) is 0 Å². The Morgan fingerprint density at radius 3 is 3.07 bits per heavy atom. The normalized spacial score (nSPS) is 12.5. The molecule has 0 fully saturated rings. The predicted octanol–water partition coefficient (Wildman–Crippen LogP) is 0.486. The summed E-state index contributed by atoms with van der Waals surface area (Å²) < 4.78 is 6.21. The van der Waals surface area contributed by atoms with Gasteiger partial charge in [0.25, 0.3) is 0 Å². The SMILES string of the molecule is COC(=O)C(I)CNCc1ccn(C)n1. The fourth-order valence-electron chi connectivity index (χ4n) is 1.10. The summed E-state index contributed by atoms with van der Waals surface area (Å²) >= 11 is 2.05. The molecule has 0 saturated heterocycles. The van der Waals surface area contributed by atoms with E-state index in [0.29, 0.717) is 13.1 Å². The van der Waals surface area contributed by atoms with Crippen LogP contribution >= 0.6 is 22.6 Å². The Balaban J connectivity index is 2.24. The van der Waals surface area contributed by atoms with Crippen molar-refractivity contribution in [3.05, 3.63) is 18.0 Å². The van der Waals surface area contributed by atoms with Crippen LogP contribution in [0.1, 0.15) is 5.69 Å². The monoisotopic (exact) mass is 323 g/mol. The van der Waals surface area contributed by atoms with Gasteiger partial charge in [-0.3, -0.25) is 9.48 Å². The molecule has 1 aromatic rings. The smallest absolute Gasteiger partial charge is 0.319 e. The largest absolute Gasteiger partial charge is 0.468 e. The Morgan fingerprint density at radius 1 is 1.80 bits per heavy atom. The first-order chi connectivity index (χ1) is 7.13. The van der Waals surface area contributed by atoms with Crippen molar-refractivity contribution in [2.24, 2.45) is 7.05 Å². The minimum atomic E-state index is -0.205. The Labute approximate surface area is 102 Å². The molecular formula is C9H14IN3O2. The molecule has 0 spiro atoms. The quantitative estimate of drug-likeness (QED) is 0.487. The van der Waals surface area contributed by atoms with Gasteiger partial charge in [-0.2, -0.15) is 5.10 Å². The van der Waals surface area contributed by atoms with E-state index in [9.17, 15) is 4.79 Å². The van der Waals surface area contributed by atoms with Gasteiger partial charge in [0, 0.05) is 26.3 Å². The lowest BCUT2D eigenvalue weighted by atomic mass is 10.4. The van der Waals surface area contributed by atoms with Gasteiger partial charge in [-0.05, 0) is 6.07 Å². The number of hydrogen-bond acceptors (Lipinski definition) is 4. The summed E-state index contributed by atoms with van der Waals surface area (Å²) in [6, 6.07) is 1.94. The summed E-state index contributed by atoms with van der Waals surface area (Å²) in [5.41, 5.74) is 0.964. The second kappa shape index (κ2) is 6.06. The summed E-state index contributed by atoms with van der Waals surface area (Å²) in [6.45, 7) is 1.25. The van der Waals surface area contributed by atoms with E-state index in [2.05, 4.69) is 37.7 Å². The van der Waals surface area contributed by atoms with Gasteiger partial charge in [0.05, 0.1) is 12.8 Å². The molecule has 1 atom stereocenters. The zero-order valence-electron chi connectivity index (χ0n) is 8.74. The molecule has 0 bridgehead atoms. The molecule has 1 rings (SSSR count). The molecule has 1 heterocycles. The van der Waals surface area contributed by atoms with Crippen molar-refractivity contribution in [3.8, 4) is 0 Å². The molecule has 0 radical (unpaired) electrons. The van der Waals surface area contributed by atoms with Crippen LogP contribution in [0.2, 0.25) is 0 Å². The molecule has 84 valence electrons. The number of nitrogens with one attached hydrogen (secondary N) is 1. The number of carbonyl (C=O) groups is 1. The molecule has 5 nitrogen and oxygen atoms in total. The number of alkyl halides is 1. The lowest BCUT2D eigenvalue weighted by molar-refractivity contribution is -0.139. The number of aryl methyl sites for hydroxylation is 1. The Bertz CT molecular complexity index is 327. The molecule has 0 aliphatic heterocycles. The zero-order chi connectivity index (χ0) is 11.3. The summed E-state index contributed by atoms with van der Waals surface area (Å²) in [5, 5.41) is 7.35. The van der Waals surface area contributed by atoms with E-state index in [1.807, 2.05) is 19.3 Å². The van der Waals surface area contributed by atoms with Crippen LogP contribution in [0.25, 0.3) is 0 Å². The highest BCUT2D eigenvalue weighted by Crippen LogP contribution is 2.01. The number of esters is 1. The molecular weight excluding hydrogens is 309 g/mol. The number of hydrogen-bond donors (Lipinski definition) is 1. The topological polar surface area (TPSA) is 56.1 Å². The van der Waals surface area contributed by atoms with Gasteiger partial charge >= 0.3 is 5.97 Å². The van der Waals surface area contributed by atoms with E-state index in [0.717, 1.165) is 5.69 Å². The molecule has 0 aliphatic carbocycles. The molecule has 0 aliphatic rings. The van der Waals surface area contributed by atoms with Crippen molar-refractivity contribution < 1.29 is 9.53 Å². The highest BCUT2D eigenvalue weighted by atomic mass is 127. The first-order valence-electron chi connectivity index (χ1n) is 4.54. The average Bonchev–Trinajstić information content (AvgIpc) is 2.63. The second-order valence-corrected chi connectivity index (χ2v) is 4.61. The van der Waals surface area contributed by atoms with E-state index in [1.54, 1.807) is 4.68 Å². The molecule has 6 heteroatoms. The van der Waals surface area contributed by atoms with Gasteiger partial charge in [-0.1, -0.05) is 22.6 Å². The van der Waals surface area contributed by atoms with Crippen molar-refractivity contribution in [3.63, 3.8) is 0 Å². The Hall–Kier alpha value is -0.630. The maximum Gasteiger partial charge on any atom is 0.319 e. The minimum absolute atomic E-state index is 0.156. The third-order valence-electron chi connectivity index (χ3n) is 1.86. The van der Waals surface area contributed by atoms with Crippen LogP contribution in [0.5, 0.6) is 0 Å². The summed E-state index contributed by atoms with van der Waals surface area (Å²) in [6.07, 6.45) is 1.89. The van der Waals surface area contributed by atoms with Crippen LogP contribution in [0.15, 0.2) is 12.3 Å². The lowest BCUT2D eigenvalue weighted by Crippen LogP contribution is -2.29. The molecule has 0 amide bonds. The summed E-state index contributed by atoms with van der Waals surface area (Å²) in [5.74, 6) is -0.205. The van der Waals surface area contributed by atoms with Crippen LogP contribution < -0.4 is 5.32 Å². The van der Waals surface area contributed by atoms with Crippen molar-refractivity contribution in [1.82, 2.24) is 15.1 Å². The number of aromatic nitrogens is 2. The van der Waals surface area contributed by atoms with Gasteiger partial charge in [-0.25, -0.2) is 0 Å².